The average molecular weight is 353 g/mol. The minimum absolute atomic E-state index is 0.0365. The summed E-state index contributed by atoms with van der Waals surface area (Å²) in [4.78, 5) is 12.7. The molecule has 1 N–H and O–H groups in total. The number of carbonyl (C=O) groups excluding carboxylic acids is 1. The summed E-state index contributed by atoms with van der Waals surface area (Å²) >= 11 is 6.05. The molecule has 0 spiro atoms. The molecule has 3 aromatic rings. The molecular weight excluding hydrogens is 332 g/mol. The first-order chi connectivity index (χ1) is 12.0. The van der Waals surface area contributed by atoms with Crippen LogP contribution in [-0.4, -0.2) is 10.5 Å². The Hall–Kier alpha value is -2.52. The highest BCUT2D eigenvalue weighted by Crippen LogP contribution is 2.25. The van der Waals surface area contributed by atoms with Crippen LogP contribution in [0.4, 0.5) is 5.69 Å². The molecule has 0 aliphatic rings. The number of aryl methyl sites for hydroxylation is 2. The van der Waals surface area contributed by atoms with Crippen LogP contribution in [0.5, 0.6) is 0 Å². The van der Waals surface area contributed by atoms with Gasteiger partial charge in [-0.05, 0) is 49.2 Å². The van der Waals surface area contributed by atoms with E-state index in [-0.39, 0.29) is 11.9 Å². The highest BCUT2D eigenvalue weighted by molar-refractivity contribution is 6.31. The van der Waals surface area contributed by atoms with Gasteiger partial charge >= 0.3 is 0 Å². The summed E-state index contributed by atoms with van der Waals surface area (Å²) in [6, 6.07) is 17.7. The number of hydrogen-bond donors (Lipinski definition) is 1. The minimum atomic E-state index is -0.0469. The minimum Gasteiger partial charge on any atom is -0.346 e. The zero-order valence-corrected chi connectivity index (χ0v) is 15.1. The van der Waals surface area contributed by atoms with Gasteiger partial charge in [0.05, 0.1) is 12.5 Å². The molecule has 1 amide bonds. The molecule has 1 atom stereocenters. The summed E-state index contributed by atoms with van der Waals surface area (Å²) in [5, 5.41) is 3.60. The fourth-order valence-electron chi connectivity index (χ4n) is 2.93. The fraction of sp³-hybridized carbons (Fsp3) is 0.190. The molecule has 0 aliphatic carbocycles. The molecule has 2 aromatic carbocycles. The Morgan fingerprint density at radius 3 is 2.56 bits per heavy atom. The van der Waals surface area contributed by atoms with Gasteiger partial charge in [-0.25, -0.2) is 0 Å². The zero-order chi connectivity index (χ0) is 17.8. The van der Waals surface area contributed by atoms with E-state index in [2.05, 4.69) is 35.0 Å². The van der Waals surface area contributed by atoms with E-state index in [0.29, 0.717) is 11.4 Å². The Bertz CT molecular complexity index is 871. The monoisotopic (exact) mass is 352 g/mol. The lowest BCUT2D eigenvalue weighted by Crippen LogP contribution is -2.20. The number of hydrogen-bond acceptors (Lipinski definition) is 1. The van der Waals surface area contributed by atoms with Gasteiger partial charge in [-0.1, -0.05) is 47.5 Å². The standard InChI is InChI=1S/C21H21ClN2O/c1-15-6-5-7-17(12-15)20(24-10-3-4-11-24)14-21(25)23-19-13-18(22)9-8-16(19)2/h3-13,20H,14H2,1-2H3,(H,23,25)/t20-/m1/s1. The van der Waals surface area contributed by atoms with E-state index in [9.17, 15) is 4.79 Å². The molecule has 128 valence electrons. The van der Waals surface area contributed by atoms with Crippen molar-refractivity contribution in [2.75, 3.05) is 5.32 Å². The highest BCUT2D eigenvalue weighted by atomic mass is 35.5. The van der Waals surface area contributed by atoms with E-state index in [1.807, 2.05) is 49.6 Å². The fourth-order valence-corrected chi connectivity index (χ4v) is 3.11. The van der Waals surface area contributed by atoms with Crippen molar-refractivity contribution >= 4 is 23.2 Å². The quantitative estimate of drug-likeness (QED) is 0.657. The second-order valence-electron chi connectivity index (χ2n) is 6.27. The number of nitrogens with one attached hydrogen (secondary N) is 1. The van der Waals surface area contributed by atoms with Crippen LogP contribution in [0.25, 0.3) is 0 Å². The van der Waals surface area contributed by atoms with Gasteiger partial charge in [0.15, 0.2) is 0 Å². The first-order valence-electron chi connectivity index (χ1n) is 8.28. The van der Waals surface area contributed by atoms with E-state index in [1.165, 1.54) is 5.56 Å². The molecule has 0 unspecified atom stereocenters. The summed E-state index contributed by atoms with van der Waals surface area (Å²) in [6.45, 7) is 4.02. The highest BCUT2D eigenvalue weighted by Gasteiger charge is 2.18. The summed E-state index contributed by atoms with van der Waals surface area (Å²) in [6.07, 6.45) is 4.33. The number of anilines is 1. The third kappa shape index (κ3) is 4.31. The molecule has 0 fully saturated rings. The lowest BCUT2D eigenvalue weighted by molar-refractivity contribution is -0.116. The van der Waals surface area contributed by atoms with Crippen molar-refractivity contribution in [2.24, 2.45) is 0 Å². The molecular formula is C21H21ClN2O. The van der Waals surface area contributed by atoms with E-state index < -0.39 is 0 Å². The van der Waals surface area contributed by atoms with Crippen LogP contribution in [0.2, 0.25) is 5.02 Å². The van der Waals surface area contributed by atoms with Gasteiger partial charge in [0.1, 0.15) is 0 Å². The van der Waals surface area contributed by atoms with Crippen LogP contribution in [0.3, 0.4) is 0 Å². The van der Waals surface area contributed by atoms with Gasteiger partial charge in [0.2, 0.25) is 5.91 Å². The van der Waals surface area contributed by atoms with Crippen molar-refractivity contribution in [2.45, 2.75) is 26.3 Å². The molecule has 3 nitrogen and oxygen atoms in total. The molecule has 1 heterocycles. The lowest BCUT2D eigenvalue weighted by atomic mass is 10.0. The SMILES string of the molecule is Cc1cccc([C@@H](CC(=O)Nc2cc(Cl)ccc2C)n2cccc2)c1. The van der Waals surface area contributed by atoms with Crippen LogP contribution >= 0.6 is 11.6 Å². The van der Waals surface area contributed by atoms with Gasteiger partial charge in [-0.3, -0.25) is 4.79 Å². The maximum atomic E-state index is 12.7. The van der Waals surface area contributed by atoms with Gasteiger partial charge in [-0.15, -0.1) is 0 Å². The Kier molecular flexibility index (Phi) is 5.25. The molecule has 0 saturated carbocycles. The Balaban J connectivity index is 1.83. The van der Waals surface area contributed by atoms with Gasteiger partial charge in [0.25, 0.3) is 0 Å². The topological polar surface area (TPSA) is 34.0 Å². The second kappa shape index (κ2) is 7.58. The number of nitrogens with zero attached hydrogens (tertiary/aromatic N) is 1. The molecule has 0 radical (unpaired) electrons. The summed E-state index contributed by atoms with van der Waals surface area (Å²) in [7, 11) is 0. The van der Waals surface area contributed by atoms with E-state index in [1.54, 1.807) is 6.07 Å². The van der Waals surface area contributed by atoms with Gasteiger partial charge < -0.3 is 9.88 Å². The number of halogens is 1. The molecule has 0 bridgehead atoms. The number of carbonyl (C=O) groups is 1. The molecule has 1 aromatic heterocycles. The van der Waals surface area contributed by atoms with E-state index in [0.717, 1.165) is 16.8 Å². The maximum Gasteiger partial charge on any atom is 0.226 e. The number of amides is 1. The number of aromatic nitrogens is 1. The first-order valence-corrected chi connectivity index (χ1v) is 8.66. The smallest absolute Gasteiger partial charge is 0.226 e. The predicted molar refractivity (Wildman–Crippen MR) is 103 cm³/mol. The number of rotatable bonds is 5. The summed E-state index contributed by atoms with van der Waals surface area (Å²) in [5.74, 6) is -0.0365. The van der Waals surface area contributed by atoms with Crippen molar-refractivity contribution in [1.82, 2.24) is 4.57 Å². The Morgan fingerprint density at radius 1 is 1.08 bits per heavy atom. The summed E-state index contributed by atoms with van der Waals surface area (Å²) in [5.41, 5.74) is 4.05. The zero-order valence-electron chi connectivity index (χ0n) is 14.4. The van der Waals surface area contributed by atoms with Crippen LogP contribution in [0.1, 0.15) is 29.2 Å². The van der Waals surface area contributed by atoms with Crippen molar-refractivity contribution < 1.29 is 4.79 Å². The molecule has 0 saturated heterocycles. The van der Waals surface area contributed by atoms with Crippen molar-refractivity contribution in [3.63, 3.8) is 0 Å². The van der Waals surface area contributed by atoms with Crippen LogP contribution < -0.4 is 5.32 Å². The van der Waals surface area contributed by atoms with Crippen molar-refractivity contribution in [3.05, 3.63) is 88.7 Å². The third-order valence-electron chi connectivity index (χ3n) is 4.27. The van der Waals surface area contributed by atoms with Gasteiger partial charge in [-0.2, -0.15) is 0 Å². The van der Waals surface area contributed by atoms with Gasteiger partial charge in [0, 0.05) is 23.1 Å². The summed E-state index contributed by atoms with van der Waals surface area (Å²) < 4.78 is 2.07. The predicted octanol–water partition coefficient (Wildman–Crippen LogP) is 5.38. The Labute approximate surface area is 153 Å². The largest absolute Gasteiger partial charge is 0.346 e. The normalized spacial score (nSPS) is 12.0. The number of benzene rings is 2. The third-order valence-corrected chi connectivity index (χ3v) is 4.50. The second-order valence-corrected chi connectivity index (χ2v) is 6.71. The molecule has 3 rings (SSSR count). The first kappa shape index (κ1) is 17.3. The maximum absolute atomic E-state index is 12.7. The van der Waals surface area contributed by atoms with Crippen LogP contribution in [-0.2, 0) is 4.79 Å². The molecule has 4 heteroatoms. The van der Waals surface area contributed by atoms with E-state index in [4.69, 9.17) is 11.6 Å². The average Bonchev–Trinajstić information content (AvgIpc) is 3.10. The van der Waals surface area contributed by atoms with E-state index >= 15 is 0 Å². The molecule has 0 aliphatic heterocycles. The Morgan fingerprint density at radius 2 is 1.84 bits per heavy atom. The van der Waals surface area contributed by atoms with Crippen LogP contribution in [0.15, 0.2) is 67.0 Å². The van der Waals surface area contributed by atoms with Crippen molar-refractivity contribution in [1.29, 1.82) is 0 Å². The molecule has 25 heavy (non-hydrogen) atoms. The van der Waals surface area contributed by atoms with Crippen LogP contribution in [0, 0.1) is 13.8 Å². The lowest BCUT2D eigenvalue weighted by Gasteiger charge is -2.20. The van der Waals surface area contributed by atoms with Crippen molar-refractivity contribution in [3.8, 4) is 0 Å².